The van der Waals surface area contributed by atoms with E-state index >= 15 is 0 Å². The maximum atomic E-state index is 12.7. The molecule has 0 aliphatic heterocycles. The zero-order chi connectivity index (χ0) is 22.7. The van der Waals surface area contributed by atoms with Crippen LogP contribution in [-0.2, 0) is 17.6 Å². The molecule has 1 unspecified atom stereocenters. The van der Waals surface area contributed by atoms with E-state index in [0.717, 1.165) is 11.1 Å². The molecule has 0 aliphatic carbocycles. The Morgan fingerprint density at radius 2 is 2.00 bits per heavy atom. The lowest BCUT2D eigenvalue weighted by Crippen LogP contribution is -2.22. The number of hydrogen-bond donors (Lipinski definition) is 2. The lowest BCUT2D eigenvalue weighted by atomic mass is 9.99. The maximum absolute atomic E-state index is 12.7. The molecule has 0 spiro atoms. The molecule has 0 radical (unpaired) electrons. The largest absolute Gasteiger partial charge is 0.422 e. The first-order valence-electron chi connectivity index (χ1n) is 9.29. The number of hydrogen-bond acceptors (Lipinski definition) is 5. The van der Waals surface area contributed by atoms with Gasteiger partial charge in [0.15, 0.2) is 16.9 Å². The number of nitrogens with one attached hydrogen (secondary N) is 2. The van der Waals surface area contributed by atoms with Gasteiger partial charge in [0.05, 0.1) is 5.02 Å². The number of carbonyl (C=O) groups is 1. The highest BCUT2D eigenvalue weighted by Crippen LogP contribution is 2.32. The van der Waals surface area contributed by atoms with Gasteiger partial charge in [-0.15, -0.1) is 0 Å². The zero-order valence-electron chi connectivity index (χ0n) is 17.4. The van der Waals surface area contributed by atoms with E-state index in [-0.39, 0.29) is 16.4 Å². The lowest BCUT2D eigenvalue weighted by Gasteiger charge is -2.13. The summed E-state index contributed by atoms with van der Waals surface area (Å²) in [6.07, 6.45) is -0.358. The smallest absolute Gasteiger partial charge is 0.412 e. The van der Waals surface area contributed by atoms with Crippen LogP contribution in [0.4, 0.5) is 10.5 Å². The van der Waals surface area contributed by atoms with Gasteiger partial charge in [-0.25, -0.2) is 18.1 Å². The van der Waals surface area contributed by atoms with Gasteiger partial charge in [0.2, 0.25) is 0 Å². The molecular weight excluding hydrogens is 442 g/mol. The van der Waals surface area contributed by atoms with Gasteiger partial charge in [0.1, 0.15) is 5.58 Å². The van der Waals surface area contributed by atoms with Gasteiger partial charge in [-0.05, 0) is 36.2 Å². The maximum Gasteiger partial charge on any atom is 0.412 e. The number of halogens is 1. The van der Waals surface area contributed by atoms with Crippen LogP contribution in [0.1, 0.15) is 16.7 Å². The summed E-state index contributed by atoms with van der Waals surface area (Å²) in [6.45, 7) is 1.81. The molecule has 2 N–H and O–H groups in total. The molecule has 3 rings (SSSR count). The number of rotatable bonds is 6. The van der Waals surface area contributed by atoms with Crippen LogP contribution in [0.3, 0.4) is 0 Å². The van der Waals surface area contributed by atoms with Crippen molar-refractivity contribution in [3.8, 4) is 5.75 Å². The minimum Gasteiger partial charge on any atom is -0.422 e. The van der Waals surface area contributed by atoms with Crippen LogP contribution in [-0.4, -0.2) is 35.8 Å². The molecule has 1 amide bonds. The molecule has 2 aromatic carbocycles. The Morgan fingerprint density at radius 3 is 2.68 bits per heavy atom. The van der Waals surface area contributed by atoms with Crippen LogP contribution < -0.4 is 20.4 Å². The lowest BCUT2D eigenvalue weighted by molar-refractivity contribution is 0.203. The number of nitrogens with zero attached hydrogens (tertiary/aromatic N) is 1. The van der Waals surface area contributed by atoms with Crippen LogP contribution in [0.5, 0.6) is 5.75 Å². The summed E-state index contributed by atoms with van der Waals surface area (Å²) in [5.41, 5.74) is 2.50. The van der Waals surface area contributed by atoms with Gasteiger partial charge in [-0.3, -0.25) is 4.72 Å². The van der Waals surface area contributed by atoms with Gasteiger partial charge >= 0.3 is 11.7 Å². The first-order chi connectivity index (χ1) is 14.7. The van der Waals surface area contributed by atoms with Gasteiger partial charge in [0, 0.05) is 50.3 Å². The molecule has 0 aliphatic rings. The summed E-state index contributed by atoms with van der Waals surface area (Å²) < 4.78 is 27.0. The van der Waals surface area contributed by atoms with E-state index < -0.39 is 22.9 Å². The van der Waals surface area contributed by atoms with E-state index in [2.05, 4.69) is 10.0 Å². The molecule has 31 heavy (non-hydrogen) atoms. The molecule has 1 aromatic heterocycles. The van der Waals surface area contributed by atoms with Crippen molar-refractivity contribution in [2.24, 2.45) is 0 Å². The van der Waals surface area contributed by atoms with Crippen LogP contribution in [0.25, 0.3) is 11.0 Å². The molecule has 0 saturated heterocycles. The molecule has 0 saturated carbocycles. The summed E-state index contributed by atoms with van der Waals surface area (Å²) in [4.78, 5) is 24.2. The van der Waals surface area contributed by atoms with E-state index in [1.54, 1.807) is 30.5 Å². The number of ether oxygens (including phenoxy) is 1. The molecule has 10 heteroatoms. The Labute approximate surface area is 186 Å². The van der Waals surface area contributed by atoms with Crippen molar-refractivity contribution in [2.75, 3.05) is 25.9 Å². The minimum absolute atomic E-state index is 0.0940. The van der Waals surface area contributed by atoms with Crippen molar-refractivity contribution in [3.63, 3.8) is 0 Å². The van der Waals surface area contributed by atoms with Crippen molar-refractivity contribution < 1.29 is 18.2 Å². The standard InChI is InChI=1S/C21H22ClN3O5S/c1-12-15-10-17(22)19(30-21(27)23-2)11-18(15)29-20(26)16(12)9-13-6-5-7-14(8-13)24-31(28)25(3)4/h5-8,10-11,24H,9H2,1-4H3,(H,23,27). The predicted molar refractivity (Wildman–Crippen MR) is 122 cm³/mol. The Morgan fingerprint density at radius 1 is 1.26 bits per heavy atom. The zero-order valence-corrected chi connectivity index (χ0v) is 19.0. The van der Waals surface area contributed by atoms with Gasteiger partial charge in [0.25, 0.3) is 0 Å². The third-order valence-electron chi connectivity index (χ3n) is 4.59. The van der Waals surface area contributed by atoms with E-state index in [1.165, 1.54) is 13.1 Å². The topological polar surface area (TPSA) is 101 Å². The van der Waals surface area contributed by atoms with Gasteiger partial charge in [-0.1, -0.05) is 23.7 Å². The van der Waals surface area contributed by atoms with Gasteiger partial charge in [-0.2, -0.15) is 0 Å². The van der Waals surface area contributed by atoms with E-state index in [1.807, 2.05) is 25.1 Å². The number of anilines is 1. The second-order valence-electron chi connectivity index (χ2n) is 6.95. The van der Waals surface area contributed by atoms with E-state index in [9.17, 15) is 13.8 Å². The highest BCUT2D eigenvalue weighted by atomic mass is 35.5. The van der Waals surface area contributed by atoms with Gasteiger partial charge < -0.3 is 14.5 Å². The molecule has 0 bridgehead atoms. The van der Waals surface area contributed by atoms with Crippen molar-refractivity contribution in [1.82, 2.24) is 9.62 Å². The monoisotopic (exact) mass is 463 g/mol. The fraction of sp³-hybridized carbons (Fsp3) is 0.238. The summed E-state index contributed by atoms with van der Waals surface area (Å²) >= 11 is 4.89. The third-order valence-corrected chi connectivity index (χ3v) is 5.96. The molecular formula is C21H22ClN3O5S. The fourth-order valence-electron chi connectivity index (χ4n) is 2.96. The van der Waals surface area contributed by atoms with Crippen LogP contribution >= 0.6 is 11.6 Å². The van der Waals surface area contributed by atoms with E-state index in [0.29, 0.717) is 23.1 Å². The number of benzene rings is 2. The second-order valence-corrected chi connectivity index (χ2v) is 8.79. The number of amides is 1. The average molecular weight is 464 g/mol. The fourth-order valence-corrected chi connectivity index (χ4v) is 3.68. The summed E-state index contributed by atoms with van der Waals surface area (Å²) in [5.74, 6) is 0.0940. The molecule has 8 nitrogen and oxygen atoms in total. The Balaban J connectivity index is 1.96. The van der Waals surface area contributed by atoms with Crippen LogP contribution in [0.15, 0.2) is 45.6 Å². The quantitative estimate of drug-likeness (QED) is 0.544. The third kappa shape index (κ3) is 5.25. The second kappa shape index (κ2) is 9.51. The number of carbonyl (C=O) groups excluding carboxylic acids is 1. The Kier molecular flexibility index (Phi) is 6.99. The first kappa shape index (κ1) is 22.8. The normalized spacial score (nSPS) is 12.1. The Hall–Kier alpha value is -2.88. The summed E-state index contributed by atoms with van der Waals surface area (Å²) in [7, 11) is 4.83. The minimum atomic E-state index is -1.37. The SMILES string of the molecule is CNC(=O)Oc1cc2oc(=O)c(Cc3cccc(NS(=O)N(C)C)c3)c(C)c2cc1Cl. The van der Waals surface area contributed by atoms with Crippen LogP contribution in [0.2, 0.25) is 5.02 Å². The summed E-state index contributed by atoms with van der Waals surface area (Å²) in [5, 5.41) is 3.20. The average Bonchev–Trinajstić information content (AvgIpc) is 2.72. The van der Waals surface area contributed by atoms with Crippen molar-refractivity contribution in [2.45, 2.75) is 13.3 Å². The number of aryl methyl sites for hydroxylation is 1. The highest BCUT2D eigenvalue weighted by Gasteiger charge is 2.16. The predicted octanol–water partition coefficient (Wildman–Crippen LogP) is 3.62. The molecule has 1 heterocycles. The molecule has 164 valence electrons. The first-order valence-corrected chi connectivity index (χ1v) is 10.8. The highest BCUT2D eigenvalue weighted by molar-refractivity contribution is 7.83. The molecule has 0 fully saturated rings. The van der Waals surface area contributed by atoms with Crippen LogP contribution in [0, 0.1) is 6.92 Å². The van der Waals surface area contributed by atoms with Crippen molar-refractivity contribution >= 4 is 45.5 Å². The van der Waals surface area contributed by atoms with Crippen molar-refractivity contribution in [1.29, 1.82) is 0 Å². The number of fused-ring (bicyclic) bond motifs is 1. The molecule has 1 atom stereocenters. The van der Waals surface area contributed by atoms with E-state index in [4.69, 9.17) is 20.8 Å². The Bertz CT molecular complexity index is 1230. The van der Waals surface area contributed by atoms with Crippen molar-refractivity contribution in [3.05, 3.63) is 68.5 Å². The summed E-state index contributed by atoms with van der Waals surface area (Å²) in [6, 6.07) is 10.4. The molecule has 3 aromatic rings.